The molecule has 150 valence electrons. The summed E-state index contributed by atoms with van der Waals surface area (Å²) in [5.74, 6) is 0.746. The summed E-state index contributed by atoms with van der Waals surface area (Å²) in [6.07, 6.45) is 2.42. The lowest BCUT2D eigenvalue weighted by Crippen LogP contribution is -2.54. The van der Waals surface area contributed by atoms with Crippen LogP contribution in [0, 0.1) is 12.3 Å². The summed E-state index contributed by atoms with van der Waals surface area (Å²) in [5.41, 5.74) is 2.26. The highest BCUT2D eigenvalue weighted by Gasteiger charge is 2.44. The topological polar surface area (TPSA) is 75.4 Å². The van der Waals surface area contributed by atoms with E-state index in [0.29, 0.717) is 38.2 Å². The summed E-state index contributed by atoms with van der Waals surface area (Å²) in [5, 5.41) is 7.16. The van der Waals surface area contributed by atoms with Gasteiger partial charge in [0.05, 0.1) is 5.41 Å². The van der Waals surface area contributed by atoms with Gasteiger partial charge >= 0.3 is 0 Å². The van der Waals surface area contributed by atoms with Gasteiger partial charge in [0.2, 0.25) is 11.8 Å². The summed E-state index contributed by atoms with van der Waals surface area (Å²) in [7, 11) is 0. The molecule has 3 rings (SSSR count). The first-order valence-electron chi connectivity index (χ1n) is 10.1. The Hall–Kier alpha value is -2.63. The summed E-state index contributed by atoms with van der Waals surface area (Å²) in [6.45, 7) is 7.50. The summed E-state index contributed by atoms with van der Waals surface area (Å²) in [6, 6.07) is 10.0. The van der Waals surface area contributed by atoms with Crippen LogP contribution in [-0.2, 0) is 16.0 Å². The third-order valence-corrected chi connectivity index (χ3v) is 5.47. The van der Waals surface area contributed by atoms with E-state index in [1.54, 1.807) is 0 Å². The number of rotatable bonds is 6. The minimum Gasteiger partial charge on any atom is -0.361 e. The van der Waals surface area contributed by atoms with Crippen LogP contribution in [0.3, 0.4) is 0 Å². The van der Waals surface area contributed by atoms with Crippen molar-refractivity contribution in [1.29, 1.82) is 0 Å². The van der Waals surface area contributed by atoms with Gasteiger partial charge in [-0.1, -0.05) is 41.9 Å². The summed E-state index contributed by atoms with van der Waals surface area (Å²) in [4.78, 5) is 27.1. The molecule has 2 amide bonds. The van der Waals surface area contributed by atoms with Crippen molar-refractivity contribution in [3.63, 3.8) is 0 Å². The van der Waals surface area contributed by atoms with Gasteiger partial charge in [-0.25, -0.2) is 0 Å². The van der Waals surface area contributed by atoms with Gasteiger partial charge < -0.3 is 14.7 Å². The Balaban J connectivity index is 1.85. The highest BCUT2D eigenvalue weighted by Crippen LogP contribution is 2.35. The number of benzene rings is 1. The zero-order valence-electron chi connectivity index (χ0n) is 17.0. The maximum absolute atomic E-state index is 13.0. The van der Waals surface area contributed by atoms with Gasteiger partial charge in [-0.3, -0.25) is 9.59 Å². The number of hydrogen-bond donors (Lipinski definition) is 1. The Morgan fingerprint density at radius 1 is 1.25 bits per heavy atom. The van der Waals surface area contributed by atoms with Crippen molar-refractivity contribution in [2.45, 2.75) is 46.5 Å². The lowest BCUT2D eigenvalue weighted by molar-refractivity contribution is -0.141. The largest absolute Gasteiger partial charge is 0.361 e. The molecular weight excluding hydrogens is 354 g/mol. The molecule has 1 N–H and O–H groups in total. The van der Waals surface area contributed by atoms with Crippen LogP contribution in [0.4, 0.5) is 0 Å². The van der Waals surface area contributed by atoms with E-state index in [4.69, 9.17) is 4.52 Å². The average molecular weight is 383 g/mol. The smallest absolute Gasteiger partial charge is 0.228 e. The number of amides is 2. The molecule has 1 atom stereocenters. The molecule has 1 fully saturated rings. The number of likely N-dealkylation sites (tertiary alicyclic amines) is 1. The van der Waals surface area contributed by atoms with Crippen LogP contribution in [0.2, 0.25) is 0 Å². The van der Waals surface area contributed by atoms with E-state index in [0.717, 1.165) is 24.1 Å². The van der Waals surface area contributed by atoms with E-state index < -0.39 is 5.41 Å². The fourth-order valence-corrected chi connectivity index (χ4v) is 3.92. The van der Waals surface area contributed by atoms with E-state index in [9.17, 15) is 9.59 Å². The van der Waals surface area contributed by atoms with Gasteiger partial charge in [0.1, 0.15) is 11.5 Å². The Bertz CT molecular complexity index is 828. The lowest BCUT2D eigenvalue weighted by Gasteiger charge is -2.41. The van der Waals surface area contributed by atoms with E-state index in [2.05, 4.69) is 10.5 Å². The molecule has 2 aromatic rings. The highest BCUT2D eigenvalue weighted by molar-refractivity contribution is 5.85. The molecule has 1 aliphatic heterocycles. The number of aromatic nitrogens is 1. The maximum Gasteiger partial charge on any atom is 0.228 e. The highest BCUT2D eigenvalue weighted by atomic mass is 16.5. The molecule has 0 aliphatic carbocycles. The zero-order valence-corrected chi connectivity index (χ0v) is 17.0. The van der Waals surface area contributed by atoms with Gasteiger partial charge in [-0.05, 0) is 26.7 Å². The molecule has 0 spiro atoms. The van der Waals surface area contributed by atoms with E-state index in [-0.39, 0.29) is 11.8 Å². The fourth-order valence-electron chi connectivity index (χ4n) is 3.92. The van der Waals surface area contributed by atoms with E-state index in [1.807, 2.05) is 56.0 Å². The first-order chi connectivity index (χ1) is 13.5. The van der Waals surface area contributed by atoms with Gasteiger partial charge in [-0.2, -0.15) is 0 Å². The minimum absolute atomic E-state index is 0.0168. The van der Waals surface area contributed by atoms with Crippen LogP contribution in [0.5, 0.6) is 0 Å². The average Bonchev–Trinajstić information content (AvgIpc) is 3.16. The van der Waals surface area contributed by atoms with Crippen LogP contribution in [0.1, 0.15) is 44.4 Å². The molecule has 28 heavy (non-hydrogen) atoms. The number of nitrogens with zero attached hydrogens (tertiary/aromatic N) is 2. The molecule has 0 unspecified atom stereocenters. The van der Waals surface area contributed by atoms with Crippen LogP contribution >= 0.6 is 0 Å². The number of aryl methyl sites for hydroxylation is 1. The lowest BCUT2D eigenvalue weighted by atomic mass is 9.75. The monoisotopic (exact) mass is 383 g/mol. The maximum atomic E-state index is 13.0. The van der Waals surface area contributed by atoms with E-state index >= 15 is 0 Å². The van der Waals surface area contributed by atoms with Gasteiger partial charge in [0.15, 0.2) is 0 Å². The predicted octanol–water partition coefficient (Wildman–Crippen LogP) is 3.35. The summed E-state index contributed by atoms with van der Waals surface area (Å²) >= 11 is 0. The molecular formula is C22H29N3O3. The Labute approximate surface area is 166 Å². The van der Waals surface area contributed by atoms with Crippen LogP contribution < -0.4 is 5.32 Å². The minimum atomic E-state index is -0.677. The molecule has 1 aromatic carbocycles. The predicted molar refractivity (Wildman–Crippen MR) is 108 cm³/mol. The number of carbonyl (C=O) groups excluding carboxylic acids is 2. The number of carbonyl (C=O) groups is 2. The first kappa shape index (κ1) is 20.1. The van der Waals surface area contributed by atoms with Crippen LogP contribution in [-0.4, -0.2) is 41.5 Å². The van der Waals surface area contributed by atoms with Gasteiger partial charge in [0, 0.05) is 44.1 Å². The van der Waals surface area contributed by atoms with E-state index in [1.165, 1.54) is 5.56 Å². The van der Waals surface area contributed by atoms with Gasteiger partial charge in [-0.15, -0.1) is 0 Å². The molecule has 1 saturated heterocycles. The normalized spacial score (nSPS) is 19.5. The zero-order chi connectivity index (χ0) is 20.1. The van der Waals surface area contributed by atoms with Crippen molar-refractivity contribution in [2.24, 2.45) is 5.41 Å². The fraction of sp³-hybridized carbons (Fsp3) is 0.500. The molecule has 1 aliphatic rings. The molecule has 6 heteroatoms. The Morgan fingerprint density at radius 3 is 2.68 bits per heavy atom. The van der Waals surface area contributed by atoms with Crippen molar-refractivity contribution < 1.29 is 14.1 Å². The third kappa shape index (κ3) is 4.26. The second kappa shape index (κ2) is 8.59. The molecule has 0 saturated carbocycles. The van der Waals surface area contributed by atoms with Crippen molar-refractivity contribution >= 4 is 11.8 Å². The van der Waals surface area contributed by atoms with Crippen molar-refractivity contribution in [3.8, 4) is 11.3 Å². The molecule has 0 radical (unpaired) electrons. The first-order valence-corrected chi connectivity index (χ1v) is 10.1. The van der Waals surface area contributed by atoms with Gasteiger partial charge in [0.25, 0.3) is 0 Å². The van der Waals surface area contributed by atoms with Crippen LogP contribution in [0.15, 0.2) is 34.9 Å². The van der Waals surface area contributed by atoms with Crippen LogP contribution in [0.25, 0.3) is 11.3 Å². The molecule has 1 aromatic heterocycles. The van der Waals surface area contributed by atoms with Crippen molar-refractivity contribution in [3.05, 3.63) is 41.7 Å². The quantitative estimate of drug-likeness (QED) is 0.830. The SMILES string of the molecule is CCNC(=O)[C@@]1(Cc2cc(-c3ccc(C)cc3)no2)CCCN(C(=O)CC)C1. The second-order valence-corrected chi connectivity index (χ2v) is 7.63. The number of piperidine rings is 1. The number of hydrogen-bond acceptors (Lipinski definition) is 4. The standard InChI is InChI=1S/C22H29N3O3/c1-4-20(26)25-12-6-11-22(15-25,21(27)23-5-2)14-18-13-19(24-28-18)17-9-7-16(3)8-10-17/h7-10,13H,4-6,11-12,14-15H2,1-3H3,(H,23,27)/t22-/m1/s1. The molecule has 6 nitrogen and oxygen atoms in total. The molecule has 0 bridgehead atoms. The molecule has 2 heterocycles. The summed E-state index contributed by atoms with van der Waals surface area (Å²) < 4.78 is 5.59. The third-order valence-electron chi connectivity index (χ3n) is 5.47. The van der Waals surface area contributed by atoms with Crippen molar-refractivity contribution in [2.75, 3.05) is 19.6 Å². The second-order valence-electron chi connectivity index (χ2n) is 7.63. The Morgan fingerprint density at radius 2 is 2.00 bits per heavy atom. The Kier molecular flexibility index (Phi) is 6.17. The number of nitrogens with one attached hydrogen (secondary N) is 1. The van der Waals surface area contributed by atoms with Crippen molar-refractivity contribution in [1.82, 2.24) is 15.4 Å².